The van der Waals surface area contributed by atoms with Crippen LogP contribution in [0.15, 0.2) is 28.8 Å². The minimum atomic E-state index is -0.435. The highest BCUT2D eigenvalue weighted by Gasteiger charge is 2.33. The van der Waals surface area contributed by atoms with Crippen molar-refractivity contribution in [2.75, 3.05) is 26.7 Å². The summed E-state index contributed by atoms with van der Waals surface area (Å²) in [6.07, 6.45) is 3.97. The molecule has 0 bridgehead atoms. The van der Waals surface area contributed by atoms with E-state index in [1.807, 2.05) is 26.0 Å². The molecule has 2 aliphatic rings. The molecule has 8 heteroatoms. The lowest BCUT2D eigenvalue weighted by Gasteiger charge is -2.37. The molecule has 2 aromatic rings. The zero-order valence-corrected chi connectivity index (χ0v) is 19.8. The van der Waals surface area contributed by atoms with Crippen molar-refractivity contribution in [3.05, 3.63) is 40.6 Å². The number of nitrogens with zero attached hydrogens (tertiary/aromatic N) is 3. The third kappa shape index (κ3) is 5.56. The first-order valence-electron chi connectivity index (χ1n) is 11.4. The number of halogens is 1. The van der Waals surface area contributed by atoms with Crippen molar-refractivity contribution in [3.63, 3.8) is 0 Å². The maximum atomic E-state index is 12.3. The highest BCUT2D eigenvalue weighted by Crippen LogP contribution is 2.36. The monoisotopic (exact) mass is 461 g/mol. The molecule has 0 radical (unpaired) electrons. The summed E-state index contributed by atoms with van der Waals surface area (Å²) < 4.78 is 16.7. The number of hydrogen-bond donors (Lipinski definition) is 0. The highest BCUT2D eigenvalue weighted by atomic mass is 35.5. The summed E-state index contributed by atoms with van der Waals surface area (Å²) in [4.78, 5) is 16.3. The molecule has 1 saturated heterocycles. The van der Waals surface area contributed by atoms with Gasteiger partial charge in [-0.1, -0.05) is 37.6 Å². The van der Waals surface area contributed by atoms with E-state index in [0.717, 1.165) is 48.8 Å². The molecule has 1 aromatic carbocycles. The molecule has 32 heavy (non-hydrogen) atoms. The van der Waals surface area contributed by atoms with Gasteiger partial charge in [0.2, 0.25) is 0 Å². The lowest BCUT2D eigenvalue weighted by atomic mass is 9.82. The van der Waals surface area contributed by atoms with E-state index >= 15 is 0 Å². The Bertz CT molecular complexity index is 920. The van der Waals surface area contributed by atoms with Gasteiger partial charge in [0.1, 0.15) is 11.5 Å². The third-order valence-electron chi connectivity index (χ3n) is 6.23. The normalized spacial score (nSPS) is 20.9. The van der Waals surface area contributed by atoms with Gasteiger partial charge in [-0.15, -0.1) is 0 Å². The van der Waals surface area contributed by atoms with Crippen LogP contribution in [0.25, 0.3) is 0 Å². The van der Waals surface area contributed by atoms with Crippen molar-refractivity contribution in [2.45, 2.75) is 58.1 Å². The summed E-state index contributed by atoms with van der Waals surface area (Å²) in [6, 6.07) is 7.69. The van der Waals surface area contributed by atoms with Crippen LogP contribution in [-0.4, -0.2) is 53.8 Å². The zero-order chi connectivity index (χ0) is 22.7. The molecule has 0 spiro atoms. The van der Waals surface area contributed by atoms with E-state index < -0.39 is 6.09 Å². The van der Waals surface area contributed by atoms with Gasteiger partial charge in [0, 0.05) is 32.1 Å². The number of benzene rings is 1. The van der Waals surface area contributed by atoms with Gasteiger partial charge in [-0.05, 0) is 61.5 Å². The molecular weight excluding hydrogens is 430 g/mol. The van der Waals surface area contributed by atoms with Crippen molar-refractivity contribution in [3.8, 4) is 11.6 Å². The van der Waals surface area contributed by atoms with Gasteiger partial charge in [0.25, 0.3) is 5.88 Å². The zero-order valence-electron chi connectivity index (χ0n) is 19.1. The van der Waals surface area contributed by atoms with Crippen molar-refractivity contribution in [1.82, 2.24) is 15.0 Å². The summed E-state index contributed by atoms with van der Waals surface area (Å²) in [5, 5.41) is 4.52. The lowest BCUT2D eigenvalue weighted by Crippen LogP contribution is -2.42. The van der Waals surface area contributed by atoms with Gasteiger partial charge in [0.15, 0.2) is 0 Å². The second-order valence-electron chi connectivity index (χ2n) is 9.26. The first-order chi connectivity index (χ1) is 15.4. The van der Waals surface area contributed by atoms with E-state index in [1.54, 1.807) is 18.0 Å². The van der Waals surface area contributed by atoms with Crippen LogP contribution in [0.1, 0.15) is 56.8 Å². The summed E-state index contributed by atoms with van der Waals surface area (Å²) in [7, 11) is 1.73. The van der Waals surface area contributed by atoms with Crippen molar-refractivity contribution in [2.24, 2.45) is 5.92 Å². The van der Waals surface area contributed by atoms with Gasteiger partial charge in [0.05, 0.1) is 11.1 Å². The molecule has 1 aliphatic heterocycles. The number of carbonyl (C=O) groups excluding carboxylic acids is 1. The predicted octanol–water partition coefficient (Wildman–Crippen LogP) is 5.34. The smallest absolute Gasteiger partial charge is 0.416 e. The molecule has 0 unspecified atom stereocenters. The average Bonchev–Trinajstić information content (AvgIpc) is 3.41. The Labute approximate surface area is 194 Å². The van der Waals surface area contributed by atoms with Crippen LogP contribution in [0, 0.1) is 5.92 Å². The number of likely N-dealkylation sites (tertiary alicyclic amines) is 1. The Balaban J connectivity index is 1.22. The topological polar surface area (TPSA) is 68.0 Å². The van der Waals surface area contributed by atoms with Crippen LogP contribution >= 0.6 is 11.6 Å². The molecular formula is C24H32ClN3O4. The fraction of sp³-hybridized carbons (Fsp3) is 0.583. The molecule has 0 N–H and O–H groups in total. The fourth-order valence-electron chi connectivity index (χ4n) is 4.27. The number of hydrogen-bond acceptors (Lipinski definition) is 6. The lowest BCUT2D eigenvalue weighted by molar-refractivity contribution is 0.0481. The van der Waals surface area contributed by atoms with Gasteiger partial charge in [-0.3, -0.25) is 4.90 Å². The van der Waals surface area contributed by atoms with E-state index in [4.69, 9.17) is 25.6 Å². The van der Waals surface area contributed by atoms with Crippen molar-refractivity contribution >= 4 is 17.7 Å². The minimum absolute atomic E-state index is 0.119. The number of aromatic nitrogens is 1. The maximum absolute atomic E-state index is 12.3. The Kier molecular flexibility index (Phi) is 7.26. The molecule has 2 heterocycles. The SMILES string of the molecule is CC(C)c1cc(OC(=O)N(C)CC2CC(Oc3cccc(CN4CCCC4)c3Cl)C2)no1. The molecule has 1 aliphatic carbocycles. The van der Waals surface area contributed by atoms with E-state index in [-0.39, 0.29) is 17.9 Å². The Morgan fingerprint density at radius 3 is 2.75 bits per heavy atom. The predicted molar refractivity (Wildman–Crippen MR) is 122 cm³/mol. The number of amides is 1. The standard InChI is InChI=1S/C24H32ClN3O4/c1-16(2)21-13-22(26-32-21)31-24(29)27(3)14-17-11-19(12-17)30-20-8-6-7-18(23(20)25)15-28-9-4-5-10-28/h6-8,13,16-17,19H,4-5,9-12,14-15H2,1-3H3. The largest absolute Gasteiger partial charge is 0.489 e. The Morgan fingerprint density at radius 1 is 1.31 bits per heavy atom. The number of carbonyl (C=O) groups is 1. The van der Waals surface area contributed by atoms with Gasteiger partial charge in [-0.2, -0.15) is 0 Å². The second-order valence-corrected chi connectivity index (χ2v) is 9.64. The quantitative estimate of drug-likeness (QED) is 0.528. The van der Waals surface area contributed by atoms with Crippen LogP contribution in [0.4, 0.5) is 4.79 Å². The molecule has 1 aromatic heterocycles. The van der Waals surface area contributed by atoms with E-state index in [1.165, 1.54) is 12.8 Å². The van der Waals surface area contributed by atoms with Crippen LogP contribution in [0.5, 0.6) is 11.6 Å². The number of ether oxygens (including phenoxy) is 2. The van der Waals surface area contributed by atoms with Crippen molar-refractivity contribution < 1.29 is 18.8 Å². The van der Waals surface area contributed by atoms with Gasteiger partial charge in [-0.25, -0.2) is 4.79 Å². The average molecular weight is 462 g/mol. The van der Waals surface area contributed by atoms with E-state index in [0.29, 0.717) is 18.2 Å². The maximum Gasteiger partial charge on any atom is 0.416 e. The molecule has 1 saturated carbocycles. The van der Waals surface area contributed by atoms with Crippen LogP contribution in [0.3, 0.4) is 0 Å². The van der Waals surface area contributed by atoms with Crippen molar-refractivity contribution in [1.29, 1.82) is 0 Å². The first kappa shape index (κ1) is 22.9. The Hall–Kier alpha value is -2.25. The Morgan fingerprint density at radius 2 is 2.06 bits per heavy atom. The summed E-state index contributed by atoms with van der Waals surface area (Å²) in [6.45, 7) is 7.74. The summed E-state index contributed by atoms with van der Waals surface area (Å²) >= 11 is 6.64. The molecule has 2 fully saturated rings. The van der Waals surface area contributed by atoms with Crippen LogP contribution < -0.4 is 9.47 Å². The van der Waals surface area contributed by atoms with Gasteiger partial charge >= 0.3 is 6.09 Å². The van der Waals surface area contributed by atoms with Crippen LogP contribution in [-0.2, 0) is 6.54 Å². The molecule has 4 rings (SSSR count). The molecule has 7 nitrogen and oxygen atoms in total. The molecule has 0 atom stereocenters. The van der Waals surface area contributed by atoms with Crippen LogP contribution in [0.2, 0.25) is 5.02 Å². The molecule has 174 valence electrons. The van der Waals surface area contributed by atoms with Gasteiger partial charge < -0.3 is 18.9 Å². The van der Waals surface area contributed by atoms with E-state index in [9.17, 15) is 4.79 Å². The fourth-order valence-corrected chi connectivity index (χ4v) is 4.50. The minimum Gasteiger partial charge on any atom is -0.489 e. The number of rotatable bonds is 8. The molecule has 1 amide bonds. The summed E-state index contributed by atoms with van der Waals surface area (Å²) in [5.74, 6) is 2.20. The van der Waals surface area contributed by atoms with E-state index in [2.05, 4.69) is 16.1 Å². The third-order valence-corrected chi connectivity index (χ3v) is 6.66. The first-order valence-corrected chi connectivity index (χ1v) is 11.8. The summed E-state index contributed by atoms with van der Waals surface area (Å²) in [5.41, 5.74) is 1.12. The second kappa shape index (κ2) is 10.1. The highest BCUT2D eigenvalue weighted by molar-refractivity contribution is 6.32.